The van der Waals surface area contributed by atoms with E-state index in [-0.39, 0.29) is 23.3 Å². The molecule has 1 aromatic rings. The molecule has 21 heavy (non-hydrogen) atoms. The van der Waals surface area contributed by atoms with Gasteiger partial charge in [0.05, 0.1) is 11.5 Å². The van der Waals surface area contributed by atoms with Gasteiger partial charge in [-0.15, -0.1) is 0 Å². The Hall–Kier alpha value is -2.12. The predicted octanol–water partition coefficient (Wildman–Crippen LogP) is 0.918. The van der Waals surface area contributed by atoms with Crippen LogP contribution in [0.5, 0.6) is 0 Å². The van der Waals surface area contributed by atoms with Crippen LogP contribution in [0.25, 0.3) is 0 Å². The molecule has 8 heteroatoms. The zero-order chi connectivity index (χ0) is 15.2. The largest absolute Gasteiger partial charge is 0.433 e. The van der Waals surface area contributed by atoms with Crippen molar-refractivity contribution >= 4 is 11.8 Å². The number of aromatic nitrogens is 1. The summed E-state index contributed by atoms with van der Waals surface area (Å²) >= 11 is 0. The quantitative estimate of drug-likeness (QED) is 0.839. The molecule has 2 aliphatic heterocycles. The van der Waals surface area contributed by atoms with Crippen molar-refractivity contribution in [3.05, 3.63) is 29.6 Å². The second kappa shape index (κ2) is 4.71. The summed E-state index contributed by atoms with van der Waals surface area (Å²) in [7, 11) is 0. The maximum atomic E-state index is 12.4. The summed E-state index contributed by atoms with van der Waals surface area (Å²) in [6, 6.07) is 1.91. The summed E-state index contributed by atoms with van der Waals surface area (Å²) in [4.78, 5) is 28.5. The Bertz CT molecular complexity index is 585. The lowest BCUT2D eigenvalue weighted by atomic mass is 10.0. The van der Waals surface area contributed by atoms with E-state index < -0.39 is 17.8 Å². The summed E-state index contributed by atoms with van der Waals surface area (Å²) in [6.45, 7) is 1.28. The standard InChI is InChI=1S/C13H12F3N3O2/c14-13(15,16)10-2-1-7(3-17-10)12(21)19-5-8-4-18-11(20)9(8)6-19/h1-3,8-9H,4-6H2,(H,18,20)/t8-,9+/m0/s1. The van der Waals surface area contributed by atoms with Crippen LogP contribution in [-0.2, 0) is 11.0 Å². The zero-order valence-corrected chi connectivity index (χ0v) is 10.9. The molecule has 112 valence electrons. The third-order valence-corrected chi connectivity index (χ3v) is 3.90. The van der Waals surface area contributed by atoms with E-state index in [0.29, 0.717) is 19.6 Å². The number of likely N-dealkylation sites (tertiary alicyclic amines) is 1. The van der Waals surface area contributed by atoms with Gasteiger partial charge in [0.1, 0.15) is 5.69 Å². The molecule has 2 saturated heterocycles. The van der Waals surface area contributed by atoms with Gasteiger partial charge in [0, 0.05) is 31.7 Å². The highest BCUT2D eigenvalue weighted by molar-refractivity contribution is 5.95. The molecule has 0 radical (unpaired) electrons. The summed E-state index contributed by atoms with van der Waals surface area (Å²) in [5, 5.41) is 2.73. The number of nitrogens with one attached hydrogen (secondary N) is 1. The molecule has 3 heterocycles. The number of rotatable bonds is 1. The van der Waals surface area contributed by atoms with E-state index in [2.05, 4.69) is 10.3 Å². The van der Waals surface area contributed by atoms with Gasteiger partial charge in [-0.25, -0.2) is 0 Å². The van der Waals surface area contributed by atoms with Gasteiger partial charge in [-0.3, -0.25) is 14.6 Å². The maximum absolute atomic E-state index is 12.4. The van der Waals surface area contributed by atoms with E-state index in [4.69, 9.17) is 0 Å². The number of carbonyl (C=O) groups excluding carboxylic acids is 2. The Morgan fingerprint density at radius 1 is 1.33 bits per heavy atom. The fourth-order valence-electron chi connectivity index (χ4n) is 2.77. The lowest BCUT2D eigenvalue weighted by Crippen LogP contribution is -2.33. The van der Waals surface area contributed by atoms with Gasteiger partial charge < -0.3 is 10.2 Å². The van der Waals surface area contributed by atoms with Gasteiger partial charge in [-0.1, -0.05) is 0 Å². The number of amides is 2. The Kier molecular flexibility index (Phi) is 3.11. The summed E-state index contributed by atoms with van der Waals surface area (Å²) in [5.74, 6) is -0.584. The van der Waals surface area contributed by atoms with Crippen LogP contribution in [0.1, 0.15) is 16.1 Å². The summed E-state index contributed by atoms with van der Waals surface area (Å²) in [6.07, 6.45) is -3.59. The summed E-state index contributed by atoms with van der Waals surface area (Å²) < 4.78 is 37.3. The maximum Gasteiger partial charge on any atom is 0.433 e. The van der Waals surface area contributed by atoms with Crippen molar-refractivity contribution in [1.29, 1.82) is 0 Å². The second-order valence-electron chi connectivity index (χ2n) is 5.25. The molecule has 2 amide bonds. The molecule has 0 saturated carbocycles. The smallest absolute Gasteiger partial charge is 0.355 e. The lowest BCUT2D eigenvalue weighted by molar-refractivity contribution is -0.141. The minimum atomic E-state index is -4.52. The van der Waals surface area contributed by atoms with E-state index in [1.165, 1.54) is 4.90 Å². The van der Waals surface area contributed by atoms with Crippen LogP contribution < -0.4 is 5.32 Å². The monoisotopic (exact) mass is 299 g/mol. The van der Waals surface area contributed by atoms with E-state index in [0.717, 1.165) is 18.3 Å². The van der Waals surface area contributed by atoms with Gasteiger partial charge in [0.2, 0.25) is 5.91 Å². The van der Waals surface area contributed by atoms with Crippen LogP contribution in [0.3, 0.4) is 0 Å². The highest BCUT2D eigenvalue weighted by Crippen LogP contribution is 2.29. The van der Waals surface area contributed by atoms with Crippen LogP contribution in [-0.4, -0.2) is 41.3 Å². The molecule has 0 bridgehead atoms. The van der Waals surface area contributed by atoms with Crippen molar-refractivity contribution in [2.45, 2.75) is 6.18 Å². The minimum absolute atomic E-state index is 0.0687. The Balaban J connectivity index is 1.73. The molecular formula is C13H12F3N3O2. The number of fused-ring (bicyclic) bond motifs is 1. The van der Waals surface area contributed by atoms with Crippen molar-refractivity contribution < 1.29 is 22.8 Å². The van der Waals surface area contributed by atoms with E-state index in [1.54, 1.807) is 0 Å². The van der Waals surface area contributed by atoms with E-state index in [1.807, 2.05) is 0 Å². The van der Waals surface area contributed by atoms with Gasteiger partial charge >= 0.3 is 6.18 Å². The first-order valence-corrected chi connectivity index (χ1v) is 6.46. The Morgan fingerprint density at radius 3 is 2.67 bits per heavy atom. The van der Waals surface area contributed by atoms with Crippen LogP contribution in [0.2, 0.25) is 0 Å². The Labute approximate surface area is 118 Å². The molecule has 3 rings (SSSR count). The average Bonchev–Trinajstić information content (AvgIpc) is 3.00. The number of halogens is 3. The second-order valence-corrected chi connectivity index (χ2v) is 5.25. The van der Waals surface area contributed by atoms with Crippen molar-refractivity contribution in [2.24, 2.45) is 11.8 Å². The van der Waals surface area contributed by atoms with Gasteiger partial charge in [-0.2, -0.15) is 13.2 Å². The molecule has 0 spiro atoms. The first-order valence-electron chi connectivity index (χ1n) is 6.46. The van der Waals surface area contributed by atoms with Crippen LogP contribution in [0.15, 0.2) is 18.3 Å². The number of alkyl halides is 3. The number of hydrogen-bond donors (Lipinski definition) is 1. The van der Waals surface area contributed by atoms with Gasteiger partial charge in [0.25, 0.3) is 5.91 Å². The fourth-order valence-corrected chi connectivity index (χ4v) is 2.77. The first kappa shape index (κ1) is 13.8. The molecule has 1 N–H and O–H groups in total. The van der Waals surface area contributed by atoms with Gasteiger partial charge in [0.15, 0.2) is 0 Å². The molecule has 2 aliphatic rings. The number of pyridine rings is 1. The van der Waals surface area contributed by atoms with Crippen LogP contribution >= 0.6 is 0 Å². The van der Waals surface area contributed by atoms with E-state index >= 15 is 0 Å². The van der Waals surface area contributed by atoms with Crippen molar-refractivity contribution in [1.82, 2.24) is 15.2 Å². The predicted molar refractivity (Wildman–Crippen MR) is 65.1 cm³/mol. The highest BCUT2D eigenvalue weighted by atomic mass is 19.4. The van der Waals surface area contributed by atoms with Crippen molar-refractivity contribution in [3.63, 3.8) is 0 Å². The van der Waals surface area contributed by atoms with Crippen LogP contribution in [0.4, 0.5) is 13.2 Å². The summed E-state index contributed by atoms with van der Waals surface area (Å²) in [5.41, 5.74) is -0.930. The van der Waals surface area contributed by atoms with E-state index in [9.17, 15) is 22.8 Å². The average molecular weight is 299 g/mol. The highest BCUT2D eigenvalue weighted by Gasteiger charge is 2.43. The minimum Gasteiger partial charge on any atom is -0.355 e. The molecule has 2 fully saturated rings. The number of carbonyl (C=O) groups is 2. The Morgan fingerprint density at radius 2 is 2.10 bits per heavy atom. The van der Waals surface area contributed by atoms with Crippen LogP contribution in [0, 0.1) is 11.8 Å². The number of hydrogen-bond acceptors (Lipinski definition) is 3. The molecule has 1 aromatic heterocycles. The zero-order valence-electron chi connectivity index (χ0n) is 10.9. The third-order valence-electron chi connectivity index (χ3n) is 3.90. The topological polar surface area (TPSA) is 62.3 Å². The first-order chi connectivity index (χ1) is 9.86. The lowest BCUT2D eigenvalue weighted by Gasteiger charge is -2.17. The molecule has 0 unspecified atom stereocenters. The van der Waals surface area contributed by atoms with Crippen molar-refractivity contribution in [3.8, 4) is 0 Å². The normalized spacial score (nSPS) is 24.9. The number of nitrogens with zero attached hydrogens (tertiary/aromatic N) is 2. The third kappa shape index (κ3) is 2.45. The fraction of sp³-hybridized carbons (Fsp3) is 0.462. The SMILES string of the molecule is O=C1NC[C@H]2CN(C(=O)c3ccc(C(F)(F)F)nc3)C[C@@H]12. The van der Waals surface area contributed by atoms with Gasteiger partial charge in [-0.05, 0) is 12.1 Å². The molecular weight excluding hydrogens is 287 g/mol. The molecule has 5 nitrogen and oxygen atoms in total. The molecule has 2 atom stereocenters. The molecule has 0 aliphatic carbocycles. The molecule has 0 aromatic carbocycles. The van der Waals surface area contributed by atoms with Crippen molar-refractivity contribution in [2.75, 3.05) is 19.6 Å².